The Morgan fingerprint density at radius 3 is 2.23 bits per heavy atom. The standard InChI is InChI=1S/C20H19NO4S/c1-21(17-6-4-7-18(22)14-17)26(23,24)20-11-9-15(10-12-20)16-5-3-8-19(13-16)25-2/h3-14,22H,1-2H3. The number of nitrogens with zero attached hydrogens (tertiary/aromatic N) is 1. The van der Waals surface area contributed by atoms with E-state index in [0.29, 0.717) is 5.69 Å². The number of rotatable bonds is 5. The van der Waals surface area contributed by atoms with Crippen molar-refractivity contribution in [1.82, 2.24) is 0 Å². The maximum Gasteiger partial charge on any atom is 0.264 e. The average Bonchev–Trinajstić information content (AvgIpc) is 2.67. The molecular weight excluding hydrogens is 350 g/mol. The fourth-order valence-corrected chi connectivity index (χ4v) is 3.80. The molecule has 0 amide bonds. The lowest BCUT2D eigenvalue weighted by Crippen LogP contribution is -2.26. The van der Waals surface area contributed by atoms with Gasteiger partial charge in [-0.1, -0.05) is 30.3 Å². The van der Waals surface area contributed by atoms with Gasteiger partial charge in [-0.05, 0) is 47.5 Å². The Morgan fingerprint density at radius 1 is 0.885 bits per heavy atom. The zero-order valence-electron chi connectivity index (χ0n) is 14.5. The maximum atomic E-state index is 12.8. The van der Waals surface area contributed by atoms with E-state index in [0.717, 1.165) is 21.2 Å². The summed E-state index contributed by atoms with van der Waals surface area (Å²) in [6.07, 6.45) is 0. The predicted octanol–water partition coefficient (Wildman–Crippen LogP) is 3.89. The van der Waals surface area contributed by atoms with Gasteiger partial charge < -0.3 is 9.84 Å². The van der Waals surface area contributed by atoms with Crippen molar-refractivity contribution in [2.75, 3.05) is 18.5 Å². The summed E-state index contributed by atoms with van der Waals surface area (Å²) in [6.45, 7) is 0. The number of sulfonamides is 1. The smallest absolute Gasteiger partial charge is 0.264 e. The minimum absolute atomic E-state index is 0.0120. The second kappa shape index (κ2) is 7.09. The largest absolute Gasteiger partial charge is 0.508 e. The maximum absolute atomic E-state index is 12.8. The van der Waals surface area contributed by atoms with Crippen LogP contribution in [0.1, 0.15) is 0 Å². The highest BCUT2D eigenvalue weighted by molar-refractivity contribution is 7.92. The van der Waals surface area contributed by atoms with Crippen molar-refractivity contribution in [2.24, 2.45) is 0 Å². The second-order valence-electron chi connectivity index (χ2n) is 5.75. The Balaban J connectivity index is 1.91. The molecule has 0 aromatic heterocycles. The van der Waals surface area contributed by atoms with E-state index in [1.54, 1.807) is 43.5 Å². The van der Waals surface area contributed by atoms with Gasteiger partial charge in [0.1, 0.15) is 11.5 Å². The molecule has 3 rings (SSSR count). The molecule has 0 saturated carbocycles. The molecule has 0 aliphatic rings. The predicted molar refractivity (Wildman–Crippen MR) is 102 cm³/mol. The van der Waals surface area contributed by atoms with Gasteiger partial charge in [-0.2, -0.15) is 0 Å². The summed E-state index contributed by atoms with van der Waals surface area (Å²) < 4.78 is 32.0. The summed E-state index contributed by atoms with van der Waals surface area (Å²) >= 11 is 0. The number of ether oxygens (including phenoxy) is 1. The summed E-state index contributed by atoms with van der Waals surface area (Å²) in [5.74, 6) is 0.751. The fourth-order valence-electron chi connectivity index (χ4n) is 2.61. The van der Waals surface area contributed by atoms with Gasteiger partial charge in [0.15, 0.2) is 0 Å². The lowest BCUT2D eigenvalue weighted by atomic mass is 10.1. The van der Waals surface area contributed by atoms with Gasteiger partial charge in [-0.25, -0.2) is 8.42 Å². The Bertz CT molecular complexity index is 1010. The zero-order chi connectivity index (χ0) is 18.7. The average molecular weight is 369 g/mol. The first-order valence-corrected chi connectivity index (χ1v) is 9.38. The number of anilines is 1. The molecule has 0 aliphatic carbocycles. The number of hydrogen-bond donors (Lipinski definition) is 1. The summed E-state index contributed by atoms with van der Waals surface area (Å²) in [6, 6.07) is 20.4. The molecule has 5 nitrogen and oxygen atoms in total. The highest BCUT2D eigenvalue weighted by Crippen LogP contribution is 2.28. The molecule has 134 valence electrons. The normalized spacial score (nSPS) is 11.2. The Kier molecular flexibility index (Phi) is 4.86. The Labute approximate surface area is 153 Å². The van der Waals surface area contributed by atoms with Crippen LogP contribution in [0.15, 0.2) is 77.7 Å². The van der Waals surface area contributed by atoms with E-state index in [-0.39, 0.29) is 10.6 Å². The third kappa shape index (κ3) is 3.50. The quantitative estimate of drug-likeness (QED) is 0.741. The molecule has 26 heavy (non-hydrogen) atoms. The van der Waals surface area contributed by atoms with E-state index < -0.39 is 10.0 Å². The van der Waals surface area contributed by atoms with Crippen LogP contribution in [0, 0.1) is 0 Å². The molecule has 0 unspecified atom stereocenters. The summed E-state index contributed by atoms with van der Waals surface area (Å²) in [5.41, 5.74) is 2.22. The first-order valence-electron chi connectivity index (χ1n) is 7.94. The van der Waals surface area contributed by atoms with Crippen molar-refractivity contribution < 1.29 is 18.3 Å². The van der Waals surface area contributed by atoms with Crippen LogP contribution in [0.4, 0.5) is 5.69 Å². The van der Waals surface area contributed by atoms with Gasteiger partial charge in [0.25, 0.3) is 10.0 Å². The molecule has 3 aromatic carbocycles. The van der Waals surface area contributed by atoms with Crippen molar-refractivity contribution in [3.63, 3.8) is 0 Å². The molecule has 3 aromatic rings. The van der Waals surface area contributed by atoms with Crippen molar-refractivity contribution >= 4 is 15.7 Å². The highest BCUT2D eigenvalue weighted by Gasteiger charge is 2.21. The number of hydrogen-bond acceptors (Lipinski definition) is 4. The van der Waals surface area contributed by atoms with E-state index in [9.17, 15) is 13.5 Å². The number of phenols is 1. The molecular formula is C20H19NO4S. The minimum Gasteiger partial charge on any atom is -0.508 e. The molecule has 0 radical (unpaired) electrons. The summed E-state index contributed by atoms with van der Waals surface area (Å²) in [5, 5.41) is 9.57. The SMILES string of the molecule is COc1cccc(-c2ccc(S(=O)(=O)N(C)c3cccc(O)c3)cc2)c1. The van der Waals surface area contributed by atoms with Crippen LogP contribution < -0.4 is 9.04 Å². The van der Waals surface area contributed by atoms with Crippen molar-refractivity contribution in [1.29, 1.82) is 0 Å². The third-order valence-electron chi connectivity index (χ3n) is 4.11. The molecule has 0 saturated heterocycles. The number of phenolic OH excluding ortho intramolecular Hbond substituents is 1. The first-order chi connectivity index (χ1) is 12.4. The van der Waals surface area contributed by atoms with Crippen LogP contribution in [-0.2, 0) is 10.0 Å². The first kappa shape index (κ1) is 17.8. The molecule has 1 N–H and O–H groups in total. The number of benzene rings is 3. The number of aromatic hydroxyl groups is 1. The van der Waals surface area contributed by atoms with E-state index in [2.05, 4.69) is 0 Å². The van der Waals surface area contributed by atoms with E-state index in [4.69, 9.17) is 4.74 Å². The lowest BCUT2D eigenvalue weighted by molar-refractivity contribution is 0.415. The number of methoxy groups -OCH3 is 1. The van der Waals surface area contributed by atoms with Crippen molar-refractivity contribution in [3.05, 3.63) is 72.8 Å². The monoisotopic (exact) mass is 369 g/mol. The van der Waals surface area contributed by atoms with Crippen LogP contribution >= 0.6 is 0 Å². The van der Waals surface area contributed by atoms with E-state index in [1.165, 1.54) is 19.2 Å². The molecule has 0 bridgehead atoms. The summed E-state index contributed by atoms with van der Waals surface area (Å²) in [4.78, 5) is 0.176. The van der Waals surface area contributed by atoms with Crippen LogP contribution in [0.25, 0.3) is 11.1 Å². The Hall–Kier alpha value is -2.99. The van der Waals surface area contributed by atoms with Crippen LogP contribution in [0.2, 0.25) is 0 Å². The molecule has 6 heteroatoms. The third-order valence-corrected chi connectivity index (χ3v) is 5.91. The fraction of sp³-hybridized carbons (Fsp3) is 0.100. The van der Waals surface area contributed by atoms with Crippen LogP contribution in [0.5, 0.6) is 11.5 Å². The molecule has 0 atom stereocenters. The lowest BCUT2D eigenvalue weighted by Gasteiger charge is -2.19. The molecule has 0 fully saturated rings. The van der Waals surface area contributed by atoms with Gasteiger partial charge in [0, 0.05) is 13.1 Å². The zero-order valence-corrected chi connectivity index (χ0v) is 15.3. The topological polar surface area (TPSA) is 66.8 Å². The van der Waals surface area contributed by atoms with Gasteiger partial charge in [-0.3, -0.25) is 4.31 Å². The van der Waals surface area contributed by atoms with Gasteiger partial charge in [0.05, 0.1) is 17.7 Å². The molecule has 0 aliphatic heterocycles. The van der Waals surface area contributed by atoms with E-state index in [1.807, 2.05) is 24.3 Å². The van der Waals surface area contributed by atoms with Gasteiger partial charge in [0.2, 0.25) is 0 Å². The minimum atomic E-state index is -3.72. The van der Waals surface area contributed by atoms with Gasteiger partial charge in [-0.15, -0.1) is 0 Å². The van der Waals surface area contributed by atoms with E-state index >= 15 is 0 Å². The molecule has 0 heterocycles. The second-order valence-corrected chi connectivity index (χ2v) is 7.72. The molecule has 0 spiro atoms. The highest BCUT2D eigenvalue weighted by atomic mass is 32.2. The van der Waals surface area contributed by atoms with Crippen LogP contribution in [0.3, 0.4) is 0 Å². The van der Waals surface area contributed by atoms with Crippen LogP contribution in [-0.4, -0.2) is 27.7 Å². The Morgan fingerprint density at radius 2 is 1.58 bits per heavy atom. The van der Waals surface area contributed by atoms with Crippen molar-refractivity contribution in [2.45, 2.75) is 4.90 Å². The van der Waals surface area contributed by atoms with Gasteiger partial charge >= 0.3 is 0 Å². The van der Waals surface area contributed by atoms with Crippen molar-refractivity contribution in [3.8, 4) is 22.6 Å². The summed E-state index contributed by atoms with van der Waals surface area (Å²) in [7, 11) is -0.661.